The number of benzene rings is 4. The van der Waals surface area contributed by atoms with Crippen molar-refractivity contribution in [3.05, 3.63) is 106 Å². The first kappa shape index (κ1) is 46.1. The highest BCUT2D eigenvalue weighted by atomic mass is 19.1. The highest BCUT2D eigenvalue weighted by Gasteiger charge is 2.67. The molecule has 1 spiro atoms. The Hall–Kier alpha value is -7.94. The Morgan fingerprint density at radius 3 is 1.79 bits per heavy atom. The summed E-state index contributed by atoms with van der Waals surface area (Å²) in [5.41, 5.74) is -6.95. The van der Waals surface area contributed by atoms with Crippen LogP contribution in [0, 0.1) is 17.0 Å². The number of ether oxygens (including phenoxy) is 7. The summed E-state index contributed by atoms with van der Waals surface area (Å²) in [5.74, 6) is -12.0. The smallest absolute Gasteiger partial charge is 0.340 e. The number of nitrogens with one attached hydrogen (secondary N) is 1. The molecule has 3 heterocycles. The lowest BCUT2D eigenvalue weighted by atomic mass is 9.59. The van der Waals surface area contributed by atoms with Crippen LogP contribution in [0.1, 0.15) is 77.1 Å². The van der Waals surface area contributed by atoms with E-state index in [4.69, 9.17) is 33.2 Å². The Balaban J connectivity index is 1.32. The second kappa shape index (κ2) is 17.2. The number of carboxylic acids is 2. The quantitative estimate of drug-likeness (QED) is 0.0870. The third-order valence-electron chi connectivity index (χ3n) is 11.4. The molecule has 4 aromatic rings. The Morgan fingerprint density at radius 1 is 0.742 bits per heavy atom. The molecule has 3 N–H and O–H groups in total. The normalized spacial score (nSPS) is 16.5. The summed E-state index contributed by atoms with van der Waals surface area (Å²) in [6.07, 6.45) is -0.0456. The molecule has 1 unspecified atom stereocenters. The third-order valence-corrected chi connectivity index (χ3v) is 11.4. The van der Waals surface area contributed by atoms with E-state index in [0.29, 0.717) is 0 Å². The van der Waals surface area contributed by atoms with Gasteiger partial charge in [0.25, 0.3) is 5.91 Å². The second-order valence-electron chi connectivity index (χ2n) is 15.4. The van der Waals surface area contributed by atoms with E-state index in [1.807, 2.05) is 0 Å². The zero-order valence-corrected chi connectivity index (χ0v) is 35.5. The maximum Gasteiger partial charge on any atom is 0.340 e. The summed E-state index contributed by atoms with van der Waals surface area (Å²) in [7, 11) is 1.23. The lowest BCUT2D eigenvalue weighted by Gasteiger charge is -2.60. The SMILES string of the molecule is COc1cc(NC(=O)c2ccc3c(c2)C2(OC3=O)c3cc(F)c(OC(C)=O)cc3Oc3cc(OC(C)=O)c(F)cc32)ccc1C1(C(COC(C)=O)(COC(C)=O)C(=O)O)CCN1CC(=O)O. The number of nitrogens with zero attached hydrogens (tertiary/aromatic N) is 1. The van der Waals surface area contributed by atoms with E-state index in [1.165, 1.54) is 48.4 Å². The van der Waals surface area contributed by atoms with Crippen LogP contribution in [-0.2, 0) is 54.1 Å². The summed E-state index contributed by atoms with van der Waals surface area (Å²) in [6, 6.07) is 11.6. The Kier molecular flexibility index (Phi) is 12.0. The van der Waals surface area contributed by atoms with Gasteiger partial charge in [-0.2, -0.15) is 0 Å². The highest BCUT2D eigenvalue weighted by molar-refractivity contribution is 6.06. The third kappa shape index (κ3) is 7.75. The molecule has 1 amide bonds. The molecular formula is C45H38F2N2O17. The van der Waals surface area contributed by atoms with E-state index < -0.39 is 107 Å². The molecule has 3 aliphatic heterocycles. The van der Waals surface area contributed by atoms with Crippen LogP contribution in [0.5, 0.6) is 28.7 Å². The number of hydrogen-bond donors (Lipinski definition) is 3. The van der Waals surface area contributed by atoms with Crippen molar-refractivity contribution in [2.24, 2.45) is 5.41 Å². The van der Waals surface area contributed by atoms with Gasteiger partial charge < -0.3 is 48.7 Å². The number of rotatable bonds is 14. The first-order valence-electron chi connectivity index (χ1n) is 19.7. The number of likely N-dealkylation sites (tertiary alicyclic amines) is 1. The number of carbonyl (C=O) groups is 8. The number of carboxylic acid groups (broad SMARTS) is 2. The van der Waals surface area contributed by atoms with Crippen molar-refractivity contribution in [2.75, 3.05) is 38.7 Å². The van der Waals surface area contributed by atoms with Crippen molar-refractivity contribution in [3.8, 4) is 28.7 Å². The first-order valence-corrected chi connectivity index (χ1v) is 19.7. The molecule has 1 saturated heterocycles. The van der Waals surface area contributed by atoms with E-state index >= 15 is 8.78 Å². The van der Waals surface area contributed by atoms with Crippen LogP contribution in [0.25, 0.3) is 0 Å². The molecule has 3 aliphatic rings. The van der Waals surface area contributed by atoms with E-state index in [2.05, 4.69) is 5.32 Å². The van der Waals surface area contributed by atoms with Gasteiger partial charge in [-0.1, -0.05) is 6.07 Å². The van der Waals surface area contributed by atoms with Gasteiger partial charge in [0.2, 0.25) is 0 Å². The highest BCUT2D eigenvalue weighted by Crippen LogP contribution is 2.59. The first-order chi connectivity index (χ1) is 31.2. The minimum absolute atomic E-state index is 0.0456. The van der Waals surface area contributed by atoms with E-state index in [1.54, 1.807) is 0 Å². The molecule has 1 fully saturated rings. The second-order valence-corrected chi connectivity index (χ2v) is 15.4. The number of aliphatic carboxylic acids is 2. The number of halogens is 2. The lowest BCUT2D eigenvalue weighted by Crippen LogP contribution is -2.72. The van der Waals surface area contributed by atoms with Gasteiger partial charge in [0.05, 0.1) is 35.9 Å². The van der Waals surface area contributed by atoms with Crippen LogP contribution < -0.4 is 24.3 Å². The predicted octanol–water partition coefficient (Wildman–Crippen LogP) is 4.83. The standard InChI is InChI=1S/C45H38F2N2O17/c1-21(50)61-19-43(42(58)59,20-62-22(2)51)44(10-11-49(44)18-39(54)55)28-9-7-26(13-34(28)60-5)48-40(56)25-6-8-27-29(12-25)45(66-41(27)57)30-14-32(46)37(63-23(3)52)16-35(30)65-36-17-38(64-24(4)53)33(47)15-31(36)45/h6-9,12-17H,10-11,18-20H2,1-5H3,(H,48,56)(H,54,55)(H,58,59). The van der Waals surface area contributed by atoms with Crippen molar-refractivity contribution in [2.45, 2.75) is 45.3 Å². The van der Waals surface area contributed by atoms with Crippen LogP contribution >= 0.6 is 0 Å². The lowest BCUT2D eigenvalue weighted by molar-refractivity contribution is -0.205. The number of carbonyl (C=O) groups excluding carboxylic acids is 6. The minimum Gasteiger partial charge on any atom is -0.496 e. The molecule has 344 valence electrons. The summed E-state index contributed by atoms with van der Waals surface area (Å²) < 4.78 is 69.6. The van der Waals surface area contributed by atoms with E-state index in [9.17, 15) is 48.6 Å². The van der Waals surface area contributed by atoms with Crippen LogP contribution in [-0.4, -0.2) is 96.2 Å². The molecule has 19 nitrogen and oxygen atoms in total. The molecule has 7 rings (SSSR count). The van der Waals surface area contributed by atoms with Gasteiger partial charge in [0, 0.05) is 74.8 Å². The van der Waals surface area contributed by atoms with Crippen molar-refractivity contribution < 1.29 is 90.5 Å². The summed E-state index contributed by atoms with van der Waals surface area (Å²) in [6.45, 7) is 1.80. The van der Waals surface area contributed by atoms with Gasteiger partial charge in [-0.05, 0) is 42.8 Å². The summed E-state index contributed by atoms with van der Waals surface area (Å²) in [5, 5.41) is 23.4. The maximum absolute atomic E-state index is 15.7. The zero-order valence-electron chi connectivity index (χ0n) is 35.5. The van der Waals surface area contributed by atoms with Crippen molar-refractivity contribution in [1.29, 1.82) is 0 Å². The fourth-order valence-electron chi connectivity index (χ4n) is 8.64. The van der Waals surface area contributed by atoms with E-state index in [0.717, 1.165) is 52.0 Å². The van der Waals surface area contributed by atoms with Gasteiger partial charge in [0.1, 0.15) is 30.5 Å². The summed E-state index contributed by atoms with van der Waals surface area (Å²) in [4.78, 5) is 102. The maximum atomic E-state index is 15.7. The number of amides is 1. The number of fused-ring (bicyclic) bond motifs is 6. The predicted molar refractivity (Wildman–Crippen MR) is 217 cm³/mol. The van der Waals surface area contributed by atoms with Gasteiger partial charge >= 0.3 is 41.8 Å². The Labute approximate surface area is 372 Å². The fraction of sp³-hybridized carbons (Fsp3) is 0.289. The van der Waals surface area contributed by atoms with Gasteiger partial charge in [-0.15, -0.1) is 0 Å². The Morgan fingerprint density at radius 2 is 1.32 bits per heavy atom. The number of methoxy groups -OCH3 is 1. The molecule has 0 aromatic heterocycles. The van der Waals surface area contributed by atoms with Gasteiger partial charge in [-0.3, -0.25) is 38.5 Å². The van der Waals surface area contributed by atoms with Crippen LogP contribution in [0.2, 0.25) is 0 Å². The van der Waals surface area contributed by atoms with Crippen LogP contribution in [0.4, 0.5) is 14.5 Å². The van der Waals surface area contributed by atoms with Crippen molar-refractivity contribution >= 4 is 53.4 Å². The molecule has 1 atom stereocenters. The number of anilines is 1. The van der Waals surface area contributed by atoms with Gasteiger partial charge in [-0.25, -0.2) is 13.6 Å². The molecular weight excluding hydrogens is 878 g/mol. The molecule has 0 aliphatic carbocycles. The summed E-state index contributed by atoms with van der Waals surface area (Å²) >= 11 is 0. The zero-order chi connectivity index (χ0) is 48.0. The molecule has 21 heteroatoms. The molecule has 0 saturated carbocycles. The van der Waals surface area contributed by atoms with Gasteiger partial charge in [0.15, 0.2) is 34.1 Å². The van der Waals surface area contributed by atoms with Crippen molar-refractivity contribution in [1.82, 2.24) is 4.90 Å². The van der Waals surface area contributed by atoms with E-state index in [-0.39, 0.29) is 69.3 Å². The monoisotopic (exact) mass is 916 g/mol. The van der Waals surface area contributed by atoms with Crippen LogP contribution in [0.3, 0.4) is 0 Å². The molecule has 0 bridgehead atoms. The number of hydrogen-bond acceptors (Lipinski definition) is 16. The Bertz CT molecular complexity index is 2700. The minimum atomic E-state index is -2.30. The average Bonchev–Trinajstić information content (AvgIpc) is 3.52. The largest absolute Gasteiger partial charge is 0.496 e. The molecule has 66 heavy (non-hydrogen) atoms. The van der Waals surface area contributed by atoms with Crippen LogP contribution in [0.15, 0.2) is 60.7 Å². The number of esters is 5. The average molecular weight is 917 g/mol. The molecule has 4 aromatic carbocycles. The molecule has 0 radical (unpaired) electrons. The van der Waals surface area contributed by atoms with Crippen molar-refractivity contribution in [3.63, 3.8) is 0 Å². The fourth-order valence-corrected chi connectivity index (χ4v) is 8.64. The topological polar surface area (TPSA) is 257 Å².